The molecule has 0 radical (unpaired) electrons. The maximum Gasteiger partial charge on any atom is 0.275 e. The Bertz CT molecular complexity index is 1460. The first-order valence-corrected chi connectivity index (χ1v) is 12.6. The molecule has 9 nitrogen and oxygen atoms in total. The summed E-state index contributed by atoms with van der Waals surface area (Å²) >= 11 is 0. The predicted octanol–water partition coefficient (Wildman–Crippen LogP) is 2.50. The molecule has 5 rings (SSSR count). The van der Waals surface area contributed by atoms with Crippen LogP contribution in [0.15, 0.2) is 58.4 Å². The van der Waals surface area contributed by atoms with Crippen LogP contribution < -0.4 is 16.0 Å². The molecule has 188 valence electrons. The molecule has 1 aromatic carbocycles. The summed E-state index contributed by atoms with van der Waals surface area (Å²) in [6.07, 6.45) is 5.35. The van der Waals surface area contributed by atoms with Crippen molar-refractivity contribution >= 4 is 16.7 Å². The predicted molar refractivity (Wildman–Crippen MR) is 142 cm³/mol. The zero-order chi connectivity index (χ0) is 25.2. The molecule has 0 unspecified atom stereocenters. The van der Waals surface area contributed by atoms with E-state index in [1.807, 2.05) is 54.8 Å². The minimum Gasteiger partial charge on any atom is -0.338 e. The number of aryl methyl sites for hydroxylation is 2. The van der Waals surface area contributed by atoms with E-state index in [-0.39, 0.29) is 11.1 Å². The number of unbranched alkanes of at least 4 members (excludes halogenated alkanes) is 1. The second kappa shape index (κ2) is 10.1. The molecule has 0 aliphatic carbocycles. The van der Waals surface area contributed by atoms with Crippen LogP contribution in [-0.2, 0) is 13.6 Å². The SMILES string of the molecule is Cc1c2c(=O)n(C)n(CCCCN3CCN(c4ncccn4)CC3)c(=O)c2c(C)n1-c1ccccc1. The topological polar surface area (TPSA) is 81.2 Å². The highest BCUT2D eigenvalue weighted by Gasteiger charge is 2.22. The van der Waals surface area contributed by atoms with Crippen molar-refractivity contribution in [3.8, 4) is 5.69 Å². The molecule has 0 amide bonds. The van der Waals surface area contributed by atoms with Crippen LogP contribution in [0.1, 0.15) is 24.2 Å². The van der Waals surface area contributed by atoms with Gasteiger partial charge in [-0.2, -0.15) is 0 Å². The number of anilines is 1. The Kier molecular flexibility index (Phi) is 6.73. The smallest absolute Gasteiger partial charge is 0.275 e. The Labute approximate surface area is 210 Å². The van der Waals surface area contributed by atoms with Crippen LogP contribution >= 0.6 is 0 Å². The van der Waals surface area contributed by atoms with E-state index in [4.69, 9.17) is 0 Å². The molecular weight excluding hydrogens is 454 g/mol. The van der Waals surface area contributed by atoms with E-state index < -0.39 is 0 Å². The third-order valence-electron chi connectivity index (χ3n) is 7.28. The van der Waals surface area contributed by atoms with E-state index in [2.05, 4.69) is 19.8 Å². The van der Waals surface area contributed by atoms with Gasteiger partial charge in [-0.05, 0) is 51.4 Å². The molecular formula is C27H33N7O2. The van der Waals surface area contributed by atoms with Crippen LogP contribution in [-0.4, -0.2) is 61.5 Å². The number of hydrogen-bond acceptors (Lipinski definition) is 6. The van der Waals surface area contributed by atoms with Gasteiger partial charge in [0.1, 0.15) is 0 Å². The maximum absolute atomic E-state index is 13.5. The van der Waals surface area contributed by atoms with Crippen LogP contribution in [0.5, 0.6) is 0 Å². The van der Waals surface area contributed by atoms with E-state index >= 15 is 0 Å². The van der Waals surface area contributed by atoms with Gasteiger partial charge in [0.15, 0.2) is 0 Å². The summed E-state index contributed by atoms with van der Waals surface area (Å²) < 4.78 is 5.11. The summed E-state index contributed by atoms with van der Waals surface area (Å²) in [6, 6.07) is 11.7. The lowest BCUT2D eigenvalue weighted by molar-refractivity contribution is 0.248. The van der Waals surface area contributed by atoms with E-state index in [0.29, 0.717) is 17.3 Å². The van der Waals surface area contributed by atoms with Gasteiger partial charge >= 0.3 is 0 Å². The summed E-state index contributed by atoms with van der Waals surface area (Å²) in [4.78, 5) is 40.2. The normalized spacial score (nSPS) is 14.6. The lowest BCUT2D eigenvalue weighted by Crippen LogP contribution is -2.47. The third kappa shape index (κ3) is 4.35. The Morgan fingerprint density at radius 2 is 1.39 bits per heavy atom. The molecule has 1 saturated heterocycles. The largest absolute Gasteiger partial charge is 0.338 e. The number of hydrogen-bond donors (Lipinski definition) is 0. The highest BCUT2D eigenvalue weighted by molar-refractivity contribution is 5.87. The van der Waals surface area contributed by atoms with E-state index in [1.165, 1.54) is 4.68 Å². The Morgan fingerprint density at radius 1 is 0.778 bits per heavy atom. The molecule has 4 heterocycles. The first kappa shape index (κ1) is 24.0. The molecule has 1 aliphatic rings. The van der Waals surface area contributed by atoms with Crippen LogP contribution in [0.2, 0.25) is 0 Å². The first-order chi connectivity index (χ1) is 17.5. The summed E-state index contributed by atoms with van der Waals surface area (Å²) in [6.45, 7) is 9.08. The summed E-state index contributed by atoms with van der Waals surface area (Å²) in [7, 11) is 1.70. The zero-order valence-corrected chi connectivity index (χ0v) is 21.2. The third-order valence-corrected chi connectivity index (χ3v) is 7.28. The zero-order valence-electron chi connectivity index (χ0n) is 21.2. The van der Waals surface area contributed by atoms with Crippen LogP contribution in [0.4, 0.5) is 5.95 Å². The molecule has 9 heteroatoms. The first-order valence-electron chi connectivity index (χ1n) is 12.6. The van der Waals surface area contributed by atoms with Crippen molar-refractivity contribution in [3.05, 3.63) is 80.9 Å². The fourth-order valence-corrected chi connectivity index (χ4v) is 5.34. The van der Waals surface area contributed by atoms with Crippen LogP contribution in [0, 0.1) is 13.8 Å². The molecule has 4 aromatic rings. The lowest BCUT2D eigenvalue weighted by Gasteiger charge is -2.34. The molecule has 0 N–H and O–H groups in total. The van der Waals surface area contributed by atoms with Gasteiger partial charge in [-0.15, -0.1) is 0 Å². The van der Waals surface area contributed by atoms with Gasteiger partial charge in [-0.25, -0.2) is 14.6 Å². The number of nitrogens with zero attached hydrogens (tertiary/aromatic N) is 7. The highest BCUT2D eigenvalue weighted by atomic mass is 16.2. The summed E-state index contributed by atoms with van der Waals surface area (Å²) in [5.41, 5.74) is 2.35. The van der Waals surface area contributed by atoms with Crippen molar-refractivity contribution in [2.24, 2.45) is 7.05 Å². The van der Waals surface area contributed by atoms with E-state index in [0.717, 1.165) is 68.6 Å². The monoisotopic (exact) mass is 487 g/mol. The Hall–Kier alpha value is -3.72. The van der Waals surface area contributed by atoms with Gasteiger partial charge in [0.25, 0.3) is 11.1 Å². The molecule has 3 aromatic heterocycles. The molecule has 0 saturated carbocycles. The van der Waals surface area contributed by atoms with Crippen molar-refractivity contribution in [1.29, 1.82) is 0 Å². The van der Waals surface area contributed by atoms with E-state index in [9.17, 15) is 9.59 Å². The minimum absolute atomic E-state index is 0.0983. The molecule has 1 fully saturated rings. The van der Waals surface area contributed by atoms with Crippen molar-refractivity contribution in [3.63, 3.8) is 0 Å². The summed E-state index contributed by atoms with van der Waals surface area (Å²) in [5, 5.41) is 1.04. The number of para-hydroxylation sites is 1. The second-order valence-electron chi connectivity index (χ2n) is 9.43. The molecule has 0 atom stereocenters. The van der Waals surface area contributed by atoms with Crippen molar-refractivity contribution in [1.82, 2.24) is 28.8 Å². The minimum atomic E-state index is -0.126. The number of aromatic nitrogens is 5. The van der Waals surface area contributed by atoms with Gasteiger partial charge in [-0.3, -0.25) is 19.2 Å². The van der Waals surface area contributed by atoms with Crippen LogP contribution in [0.25, 0.3) is 16.5 Å². The fourth-order valence-electron chi connectivity index (χ4n) is 5.34. The van der Waals surface area contributed by atoms with Gasteiger partial charge in [0.05, 0.1) is 10.8 Å². The van der Waals surface area contributed by atoms with Gasteiger partial charge in [0, 0.05) is 69.2 Å². The second-order valence-corrected chi connectivity index (χ2v) is 9.43. The fraction of sp³-hybridized carbons (Fsp3) is 0.407. The van der Waals surface area contributed by atoms with Crippen LogP contribution in [0.3, 0.4) is 0 Å². The summed E-state index contributed by atoms with van der Waals surface area (Å²) in [5.74, 6) is 0.791. The number of piperazine rings is 1. The Morgan fingerprint density at radius 3 is 2.06 bits per heavy atom. The number of benzene rings is 1. The molecule has 36 heavy (non-hydrogen) atoms. The van der Waals surface area contributed by atoms with Gasteiger partial charge in [0.2, 0.25) is 5.95 Å². The average Bonchev–Trinajstić information content (AvgIpc) is 3.18. The molecule has 1 aliphatic heterocycles. The Balaban J connectivity index is 1.27. The average molecular weight is 488 g/mol. The lowest BCUT2D eigenvalue weighted by atomic mass is 10.2. The highest BCUT2D eigenvalue weighted by Crippen LogP contribution is 2.24. The van der Waals surface area contributed by atoms with Gasteiger partial charge in [-0.1, -0.05) is 18.2 Å². The van der Waals surface area contributed by atoms with Crippen molar-refractivity contribution < 1.29 is 0 Å². The number of rotatable bonds is 7. The van der Waals surface area contributed by atoms with E-state index in [1.54, 1.807) is 24.1 Å². The maximum atomic E-state index is 13.5. The standard InChI is InChI=1S/C27H33N7O2/c1-20-23-24(21(2)34(20)22-10-5-4-6-11-22)26(36)33(30(3)25(23)35)15-8-7-14-31-16-18-32(19-17-31)27-28-12-9-13-29-27/h4-6,9-13H,7-8,14-19H2,1-3H3. The quantitative estimate of drug-likeness (QED) is 0.373. The molecule has 0 spiro atoms. The van der Waals surface area contributed by atoms with Gasteiger partial charge < -0.3 is 9.47 Å². The van der Waals surface area contributed by atoms with Crippen molar-refractivity contribution in [2.45, 2.75) is 33.2 Å². The number of fused-ring (bicyclic) bond motifs is 1. The van der Waals surface area contributed by atoms with Crippen molar-refractivity contribution in [2.75, 3.05) is 37.6 Å². The molecule has 0 bridgehead atoms.